The maximum absolute atomic E-state index is 11.8. The Kier molecular flexibility index (Phi) is 5.54. The summed E-state index contributed by atoms with van der Waals surface area (Å²) in [5.41, 5.74) is 3.31. The van der Waals surface area contributed by atoms with Crippen LogP contribution in [0.25, 0.3) is 0 Å². The van der Waals surface area contributed by atoms with Gasteiger partial charge in [-0.1, -0.05) is 40.8 Å². The molecular formula is C16H19N5O2S2. The first kappa shape index (κ1) is 17.7. The number of aryl methyl sites for hydroxylation is 2. The van der Waals surface area contributed by atoms with E-state index in [2.05, 4.69) is 32.2 Å². The molecule has 1 fully saturated rings. The monoisotopic (exact) mass is 377 g/mol. The Bertz CT molecular complexity index is 789. The predicted octanol–water partition coefficient (Wildman–Crippen LogP) is 2.98. The van der Waals surface area contributed by atoms with Crippen LogP contribution < -0.4 is 16.0 Å². The number of rotatable bonds is 6. The van der Waals surface area contributed by atoms with Crippen molar-refractivity contribution >= 4 is 45.9 Å². The van der Waals surface area contributed by atoms with E-state index in [-0.39, 0.29) is 17.7 Å². The topological polar surface area (TPSA) is 96.0 Å². The van der Waals surface area contributed by atoms with Crippen molar-refractivity contribution in [3.05, 3.63) is 29.3 Å². The van der Waals surface area contributed by atoms with Crippen LogP contribution in [0.1, 0.15) is 24.0 Å². The molecule has 3 rings (SSSR count). The second-order valence-corrected chi connectivity index (χ2v) is 8.10. The minimum atomic E-state index is -0.428. The lowest BCUT2D eigenvalue weighted by Gasteiger charge is -2.06. The van der Waals surface area contributed by atoms with Gasteiger partial charge in [0.2, 0.25) is 11.0 Å². The highest BCUT2D eigenvalue weighted by atomic mass is 32.2. The Morgan fingerprint density at radius 1 is 1.28 bits per heavy atom. The molecule has 7 nitrogen and oxygen atoms in total. The average molecular weight is 377 g/mol. The largest absolute Gasteiger partial charge is 0.335 e. The highest BCUT2D eigenvalue weighted by Gasteiger charge is 2.23. The van der Waals surface area contributed by atoms with Gasteiger partial charge in [0.15, 0.2) is 4.34 Å². The maximum atomic E-state index is 11.8. The molecule has 3 N–H and O–H groups in total. The molecule has 132 valence electrons. The molecule has 0 saturated heterocycles. The first-order valence-corrected chi connectivity index (χ1v) is 9.71. The molecule has 1 aromatic heterocycles. The Balaban J connectivity index is 1.47. The number of nitrogens with zero attached hydrogens (tertiary/aromatic N) is 2. The van der Waals surface area contributed by atoms with Crippen LogP contribution in [0, 0.1) is 13.8 Å². The zero-order valence-corrected chi connectivity index (χ0v) is 15.6. The number of thioether (sulfide) groups is 1. The number of carbonyl (C=O) groups excluding carboxylic acids is 2. The van der Waals surface area contributed by atoms with Gasteiger partial charge in [-0.15, -0.1) is 10.2 Å². The summed E-state index contributed by atoms with van der Waals surface area (Å²) in [5.74, 6) is -0.224. The smallest absolute Gasteiger partial charge is 0.321 e. The molecule has 1 aliphatic carbocycles. The van der Waals surface area contributed by atoms with Gasteiger partial charge in [0, 0.05) is 11.7 Å². The van der Waals surface area contributed by atoms with E-state index in [9.17, 15) is 9.59 Å². The molecule has 0 aliphatic heterocycles. The summed E-state index contributed by atoms with van der Waals surface area (Å²) in [6, 6.07) is 5.93. The minimum absolute atomic E-state index is 0.121. The molecule has 0 radical (unpaired) electrons. The van der Waals surface area contributed by atoms with Crippen molar-refractivity contribution in [1.82, 2.24) is 20.8 Å². The number of imide groups is 1. The molecule has 1 saturated carbocycles. The van der Waals surface area contributed by atoms with Gasteiger partial charge >= 0.3 is 6.03 Å². The molecule has 3 amide bonds. The van der Waals surface area contributed by atoms with Gasteiger partial charge in [0.1, 0.15) is 0 Å². The summed E-state index contributed by atoms with van der Waals surface area (Å²) >= 11 is 2.63. The third-order valence-corrected chi connectivity index (χ3v) is 5.49. The van der Waals surface area contributed by atoms with Gasteiger partial charge in [-0.3, -0.25) is 10.1 Å². The molecule has 0 atom stereocenters. The molecule has 1 heterocycles. The molecule has 1 aliphatic rings. The van der Waals surface area contributed by atoms with E-state index in [0.29, 0.717) is 9.47 Å². The van der Waals surface area contributed by atoms with Crippen LogP contribution in [0.2, 0.25) is 0 Å². The number of aromatic nitrogens is 2. The van der Waals surface area contributed by atoms with Crippen LogP contribution in [-0.2, 0) is 4.79 Å². The number of anilines is 2. The molecule has 0 unspecified atom stereocenters. The van der Waals surface area contributed by atoms with E-state index in [1.807, 2.05) is 26.0 Å². The summed E-state index contributed by atoms with van der Waals surface area (Å²) < 4.78 is 0.671. The van der Waals surface area contributed by atoms with Gasteiger partial charge in [-0.25, -0.2) is 4.79 Å². The molecule has 0 bridgehead atoms. The first-order chi connectivity index (χ1) is 12.0. The zero-order valence-electron chi connectivity index (χ0n) is 14.0. The van der Waals surface area contributed by atoms with Crippen LogP contribution >= 0.6 is 23.1 Å². The van der Waals surface area contributed by atoms with E-state index in [4.69, 9.17) is 0 Å². The van der Waals surface area contributed by atoms with E-state index in [1.165, 1.54) is 28.7 Å². The maximum Gasteiger partial charge on any atom is 0.321 e. The Labute approximate surface area is 154 Å². The normalized spacial score (nSPS) is 13.4. The van der Waals surface area contributed by atoms with Gasteiger partial charge in [0.25, 0.3) is 0 Å². The summed E-state index contributed by atoms with van der Waals surface area (Å²) in [5, 5.41) is 17.1. The van der Waals surface area contributed by atoms with E-state index < -0.39 is 6.03 Å². The lowest BCUT2D eigenvalue weighted by atomic mass is 10.1. The van der Waals surface area contributed by atoms with Crippen LogP contribution in [0.4, 0.5) is 15.6 Å². The predicted molar refractivity (Wildman–Crippen MR) is 99.5 cm³/mol. The number of carbonyl (C=O) groups is 2. The van der Waals surface area contributed by atoms with Crippen molar-refractivity contribution in [3.8, 4) is 0 Å². The van der Waals surface area contributed by atoms with Crippen molar-refractivity contribution in [3.63, 3.8) is 0 Å². The Hall–Kier alpha value is -2.13. The quantitative estimate of drug-likeness (QED) is 0.670. The zero-order chi connectivity index (χ0) is 17.8. The molecular weight excluding hydrogens is 358 g/mol. The summed E-state index contributed by atoms with van der Waals surface area (Å²) in [7, 11) is 0. The number of amides is 3. The van der Waals surface area contributed by atoms with Crippen molar-refractivity contribution in [2.45, 2.75) is 37.1 Å². The summed E-state index contributed by atoms with van der Waals surface area (Å²) in [6.07, 6.45) is 1.97. The van der Waals surface area contributed by atoms with Gasteiger partial charge in [0.05, 0.1) is 5.75 Å². The summed E-state index contributed by atoms with van der Waals surface area (Å²) in [6.45, 7) is 4.08. The van der Waals surface area contributed by atoms with Crippen molar-refractivity contribution in [2.75, 3.05) is 11.1 Å². The van der Waals surface area contributed by atoms with Gasteiger partial charge < -0.3 is 10.6 Å². The van der Waals surface area contributed by atoms with E-state index >= 15 is 0 Å². The highest BCUT2D eigenvalue weighted by Crippen LogP contribution is 2.28. The molecule has 9 heteroatoms. The average Bonchev–Trinajstić information content (AvgIpc) is 3.24. The fraction of sp³-hybridized carbons (Fsp3) is 0.375. The lowest BCUT2D eigenvalue weighted by Crippen LogP contribution is -2.41. The number of hydrogen-bond donors (Lipinski definition) is 3. The number of urea groups is 1. The van der Waals surface area contributed by atoms with Crippen LogP contribution in [0.5, 0.6) is 0 Å². The van der Waals surface area contributed by atoms with Crippen molar-refractivity contribution in [2.24, 2.45) is 0 Å². The standard InChI is InChI=1S/C16H19N5O2S2/c1-9-3-6-12(10(2)7-9)18-15-20-21-16(25-15)24-8-13(22)19-14(23)17-11-4-5-11/h3,6-7,11H,4-5,8H2,1-2H3,(H,18,20)(H2,17,19,22,23). The van der Waals surface area contributed by atoms with E-state index in [0.717, 1.165) is 24.1 Å². The minimum Gasteiger partial charge on any atom is -0.335 e. The summed E-state index contributed by atoms with van der Waals surface area (Å²) in [4.78, 5) is 23.2. The second-order valence-electron chi connectivity index (χ2n) is 5.90. The molecule has 2 aromatic rings. The Morgan fingerprint density at radius 2 is 2.08 bits per heavy atom. The SMILES string of the molecule is Cc1ccc(Nc2nnc(SCC(=O)NC(=O)NC3CC3)s2)c(C)c1. The number of benzene rings is 1. The Morgan fingerprint density at radius 3 is 2.80 bits per heavy atom. The van der Waals surface area contributed by atoms with Gasteiger partial charge in [-0.2, -0.15) is 0 Å². The number of hydrogen-bond acceptors (Lipinski definition) is 7. The molecule has 0 spiro atoms. The van der Waals surface area contributed by atoms with Crippen molar-refractivity contribution < 1.29 is 9.59 Å². The fourth-order valence-electron chi connectivity index (χ4n) is 2.13. The number of nitrogens with one attached hydrogen (secondary N) is 3. The van der Waals surface area contributed by atoms with Gasteiger partial charge in [-0.05, 0) is 38.3 Å². The van der Waals surface area contributed by atoms with Crippen LogP contribution in [-0.4, -0.2) is 33.9 Å². The van der Waals surface area contributed by atoms with Crippen molar-refractivity contribution in [1.29, 1.82) is 0 Å². The van der Waals surface area contributed by atoms with Crippen LogP contribution in [0.15, 0.2) is 22.5 Å². The first-order valence-electron chi connectivity index (χ1n) is 7.90. The third-order valence-electron chi connectivity index (χ3n) is 3.52. The highest BCUT2D eigenvalue weighted by molar-refractivity contribution is 8.01. The van der Waals surface area contributed by atoms with E-state index in [1.54, 1.807) is 0 Å². The second kappa shape index (κ2) is 7.83. The third kappa shape index (κ3) is 5.43. The molecule has 1 aromatic carbocycles. The lowest BCUT2D eigenvalue weighted by molar-refractivity contribution is -0.117. The van der Waals surface area contributed by atoms with Crippen LogP contribution in [0.3, 0.4) is 0 Å². The fourth-order valence-corrected chi connectivity index (χ4v) is 3.69. The molecule has 25 heavy (non-hydrogen) atoms.